The lowest BCUT2D eigenvalue weighted by molar-refractivity contribution is -0.129. The van der Waals surface area contributed by atoms with E-state index in [1.807, 2.05) is 0 Å². The van der Waals surface area contributed by atoms with Gasteiger partial charge in [-0.15, -0.1) is 0 Å². The zero-order valence-corrected chi connectivity index (χ0v) is 12.7. The molecule has 6 heteroatoms. The molecule has 0 radical (unpaired) electrons. The van der Waals surface area contributed by atoms with E-state index in [-0.39, 0.29) is 30.0 Å². The van der Waals surface area contributed by atoms with E-state index in [0.29, 0.717) is 26.2 Å². The van der Waals surface area contributed by atoms with Crippen LogP contribution in [0.4, 0.5) is 4.39 Å². The van der Waals surface area contributed by atoms with Crippen LogP contribution < -0.4 is 5.32 Å². The van der Waals surface area contributed by atoms with E-state index in [1.54, 1.807) is 24.1 Å². The van der Waals surface area contributed by atoms with E-state index < -0.39 is 0 Å². The minimum atomic E-state index is -0.310. The first kappa shape index (κ1) is 16.4. The summed E-state index contributed by atoms with van der Waals surface area (Å²) < 4.78 is 17.8. The number of hydrogen-bond donors (Lipinski definition) is 1. The standard InChI is InChI=1S/C16H21FN2O3/c1-22-8-2-7-19-11-13(9-15(19)20)16(21)18-10-12-3-5-14(17)6-4-12/h3-6,13H,2,7-11H2,1H3,(H,18,21). The average molecular weight is 308 g/mol. The van der Waals surface area contributed by atoms with Crippen molar-refractivity contribution in [2.45, 2.75) is 19.4 Å². The van der Waals surface area contributed by atoms with Crippen molar-refractivity contribution in [1.29, 1.82) is 0 Å². The Morgan fingerprint density at radius 1 is 1.41 bits per heavy atom. The second-order valence-corrected chi connectivity index (χ2v) is 5.43. The Morgan fingerprint density at radius 2 is 2.14 bits per heavy atom. The summed E-state index contributed by atoms with van der Waals surface area (Å²) in [6, 6.07) is 5.98. The summed E-state index contributed by atoms with van der Waals surface area (Å²) in [5.41, 5.74) is 0.830. The first-order chi connectivity index (χ1) is 10.6. The summed E-state index contributed by atoms with van der Waals surface area (Å²) in [6.07, 6.45) is 1.02. The normalized spacial score (nSPS) is 17.8. The van der Waals surface area contributed by atoms with E-state index in [2.05, 4.69) is 5.32 Å². The van der Waals surface area contributed by atoms with Crippen molar-refractivity contribution in [1.82, 2.24) is 10.2 Å². The summed E-state index contributed by atoms with van der Waals surface area (Å²) in [6.45, 7) is 2.02. The molecule has 2 amide bonds. The molecule has 1 heterocycles. The molecule has 1 aromatic rings. The highest BCUT2D eigenvalue weighted by molar-refractivity contribution is 5.89. The van der Waals surface area contributed by atoms with Crippen LogP contribution in [0.25, 0.3) is 0 Å². The van der Waals surface area contributed by atoms with Crippen LogP contribution in [0.2, 0.25) is 0 Å². The second-order valence-electron chi connectivity index (χ2n) is 5.43. The molecule has 1 aliphatic heterocycles. The third kappa shape index (κ3) is 4.53. The smallest absolute Gasteiger partial charge is 0.225 e. The first-order valence-electron chi connectivity index (χ1n) is 7.39. The van der Waals surface area contributed by atoms with E-state index in [0.717, 1.165) is 12.0 Å². The highest BCUT2D eigenvalue weighted by Crippen LogP contribution is 2.18. The summed E-state index contributed by atoms with van der Waals surface area (Å²) in [4.78, 5) is 25.7. The van der Waals surface area contributed by atoms with Gasteiger partial charge in [-0.1, -0.05) is 12.1 Å². The fourth-order valence-electron chi connectivity index (χ4n) is 2.50. The number of carbonyl (C=O) groups is 2. The van der Waals surface area contributed by atoms with Gasteiger partial charge in [0.15, 0.2) is 0 Å². The van der Waals surface area contributed by atoms with Gasteiger partial charge in [0.1, 0.15) is 5.82 Å². The number of benzene rings is 1. The van der Waals surface area contributed by atoms with Crippen molar-refractivity contribution < 1.29 is 18.7 Å². The van der Waals surface area contributed by atoms with Crippen LogP contribution >= 0.6 is 0 Å². The van der Waals surface area contributed by atoms with Crippen LogP contribution in [0.15, 0.2) is 24.3 Å². The summed E-state index contributed by atoms with van der Waals surface area (Å²) in [5, 5.41) is 2.80. The summed E-state index contributed by atoms with van der Waals surface area (Å²) in [7, 11) is 1.62. The second kappa shape index (κ2) is 7.89. The number of nitrogens with one attached hydrogen (secondary N) is 1. The van der Waals surface area contributed by atoms with Crippen LogP contribution in [-0.2, 0) is 20.9 Å². The Hall–Kier alpha value is -1.95. The van der Waals surface area contributed by atoms with Gasteiger partial charge in [0.05, 0.1) is 5.92 Å². The molecular formula is C16H21FN2O3. The topological polar surface area (TPSA) is 58.6 Å². The van der Waals surface area contributed by atoms with Crippen molar-refractivity contribution in [2.75, 3.05) is 26.8 Å². The molecule has 0 spiro atoms. The van der Waals surface area contributed by atoms with E-state index >= 15 is 0 Å². The van der Waals surface area contributed by atoms with Gasteiger partial charge in [0.25, 0.3) is 0 Å². The van der Waals surface area contributed by atoms with Crippen LogP contribution in [0.5, 0.6) is 0 Å². The molecule has 1 N–H and O–H groups in total. The molecule has 1 atom stereocenters. The van der Waals surface area contributed by atoms with Gasteiger partial charge in [-0.2, -0.15) is 0 Å². The predicted molar refractivity (Wildman–Crippen MR) is 79.4 cm³/mol. The molecule has 1 aromatic carbocycles. The average Bonchev–Trinajstić information content (AvgIpc) is 2.88. The Kier molecular flexibility index (Phi) is 5.89. The van der Waals surface area contributed by atoms with Crippen molar-refractivity contribution in [3.8, 4) is 0 Å². The highest BCUT2D eigenvalue weighted by atomic mass is 19.1. The van der Waals surface area contributed by atoms with E-state index in [1.165, 1.54) is 12.1 Å². The largest absolute Gasteiger partial charge is 0.385 e. The van der Waals surface area contributed by atoms with E-state index in [9.17, 15) is 14.0 Å². The number of likely N-dealkylation sites (tertiary alicyclic amines) is 1. The number of methoxy groups -OCH3 is 1. The predicted octanol–water partition coefficient (Wildman–Crippen LogP) is 1.33. The van der Waals surface area contributed by atoms with Crippen molar-refractivity contribution >= 4 is 11.8 Å². The Labute approximate surface area is 129 Å². The Bertz CT molecular complexity index is 519. The van der Waals surface area contributed by atoms with Gasteiger partial charge in [-0.05, 0) is 24.1 Å². The number of halogens is 1. The van der Waals surface area contributed by atoms with Gasteiger partial charge < -0.3 is 15.0 Å². The molecule has 0 bridgehead atoms. The molecular weight excluding hydrogens is 287 g/mol. The molecule has 5 nitrogen and oxygen atoms in total. The molecule has 1 fully saturated rings. The minimum absolute atomic E-state index is 0.0121. The molecule has 1 saturated heterocycles. The van der Waals surface area contributed by atoms with Crippen LogP contribution in [0, 0.1) is 11.7 Å². The number of carbonyl (C=O) groups excluding carboxylic acids is 2. The number of nitrogens with zero attached hydrogens (tertiary/aromatic N) is 1. The van der Waals surface area contributed by atoms with Gasteiger partial charge >= 0.3 is 0 Å². The monoisotopic (exact) mass is 308 g/mol. The zero-order chi connectivity index (χ0) is 15.9. The maximum absolute atomic E-state index is 12.8. The number of rotatable bonds is 7. The first-order valence-corrected chi connectivity index (χ1v) is 7.39. The van der Waals surface area contributed by atoms with Gasteiger partial charge in [0.2, 0.25) is 11.8 Å². The molecule has 0 aliphatic carbocycles. The van der Waals surface area contributed by atoms with E-state index in [4.69, 9.17) is 4.74 Å². The number of hydrogen-bond acceptors (Lipinski definition) is 3. The lowest BCUT2D eigenvalue weighted by Gasteiger charge is -2.16. The quantitative estimate of drug-likeness (QED) is 0.773. The van der Waals surface area contributed by atoms with Crippen LogP contribution in [-0.4, -0.2) is 43.5 Å². The fourth-order valence-corrected chi connectivity index (χ4v) is 2.50. The molecule has 1 aliphatic rings. The lowest BCUT2D eigenvalue weighted by atomic mass is 10.1. The fraction of sp³-hybridized carbons (Fsp3) is 0.500. The summed E-state index contributed by atoms with van der Waals surface area (Å²) in [5.74, 6) is -0.733. The highest BCUT2D eigenvalue weighted by Gasteiger charge is 2.33. The molecule has 120 valence electrons. The zero-order valence-electron chi connectivity index (χ0n) is 12.7. The number of ether oxygens (including phenoxy) is 1. The molecule has 22 heavy (non-hydrogen) atoms. The third-order valence-electron chi connectivity index (χ3n) is 3.74. The molecule has 2 rings (SSSR count). The van der Waals surface area contributed by atoms with Crippen molar-refractivity contribution in [3.63, 3.8) is 0 Å². The van der Waals surface area contributed by atoms with Crippen molar-refractivity contribution in [2.24, 2.45) is 5.92 Å². The van der Waals surface area contributed by atoms with Gasteiger partial charge in [-0.3, -0.25) is 9.59 Å². The SMILES string of the molecule is COCCCN1CC(C(=O)NCc2ccc(F)cc2)CC1=O. The number of amides is 2. The molecule has 0 saturated carbocycles. The lowest BCUT2D eigenvalue weighted by Crippen LogP contribution is -2.33. The maximum atomic E-state index is 12.8. The summed E-state index contributed by atoms with van der Waals surface area (Å²) >= 11 is 0. The molecule has 0 aromatic heterocycles. The molecule has 1 unspecified atom stereocenters. The Balaban J connectivity index is 1.78. The maximum Gasteiger partial charge on any atom is 0.225 e. The van der Waals surface area contributed by atoms with Gasteiger partial charge in [-0.25, -0.2) is 4.39 Å². The minimum Gasteiger partial charge on any atom is -0.385 e. The van der Waals surface area contributed by atoms with Gasteiger partial charge in [0, 0.05) is 39.8 Å². The third-order valence-corrected chi connectivity index (χ3v) is 3.74. The van der Waals surface area contributed by atoms with Crippen molar-refractivity contribution in [3.05, 3.63) is 35.6 Å². The van der Waals surface area contributed by atoms with Crippen LogP contribution in [0.1, 0.15) is 18.4 Å². The Morgan fingerprint density at radius 3 is 2.82 bits per heavy atom. The van der Waals surface area contributed by atoms with Crippen LogP contribution in [0.3, 0.4) is 0 Å².